The average Bonchev–Trinajstić information content (AvgIpc) is 2.68. The first kappa shape index (κ1) is 19.9. The number of alkyl halides is 3. The van der Waals surface area contributed by atoms with Crippen LogP contribution in [0.4, 0.5) is 18.9 Å². The lowest BCUT2D eigenvalue weighted by Gasteiger charge is -2.30. The number of carbonyl (C=O) groups excluding carboxylic acids is 2. The Kier molecular flexibility index (Phi) is 5.72. The fraction of sp³-hybridized carbons (Fsp3) is 0.333. The summed E-state index contributed by atoms with van der Waals surface area (Å²) < 4.78 is 39.2. The van der Waals surface area contributed by atoms with E-state index >= 15 is 0 Å². The molecule has 2 aromatic rings. The van der Waals surface area contributed by atoms with Gasteiger partial charge in [0.25, 0.3) is 11.8 Å². The molecule has 1 heterocycles. The molecule has 7 heteroatoms. The van der Waals surface area contributed by atoms with E-state index in [4.69, 9.17) is 0 Å². The third-order valence-corrected chi connectivity index (χ3v) is 4.95. The van der Waals surface area contributed by atoms with Crippen molar-refractivity contribution in [1.82, 2.24) is 4.90 Å². The van der Waals surface area contributed by atoms with Gasteiger partial charge in [-0.1, -0.05) is 19.1 Å². The Morgan fingerprint density at radius 2 is 1.54 bits per heavy atom. The molecule has 0 aromatic heterocycles. The van der Waals surface area contributed by atoms with Crippen molar-refractivity contribution in [3.05, 3.63) is 65.2 Å². The zero-order valence-corrected chi connectivity index (χ0v) is 15.4. The predicted octanol–water partition coefficient (Wildman–Crippen LogP) is 4.83. The Bertz CT molecular complexity index is 855. The molecule has 0 atom stereocenters. The van der Waals surface area contributed by atoms with Crippen molar-refractivity contribution in [2.45, 2.75) is 25.9 Å². The smallest absolute Gasteiger partial charge is 0.339 e. The summed E-state index contributed by atoms with van der Waals surface area (Å²) in [4.78, 5) is 26.7. The highest BCUT2D eigenvalue weighted by Crippen LogP contribution is 2.34. The molecule has 3 rings (SSSR count). The second kappa shape index (κ2) is 8.04. The number of amides is 2. The Balaban J connectivity index is 1.70. The number of benzene rings is 2. The molecule has 0 saturated carbocycles. The molecule has 0 bridgehead atoms. The lowest BCUT2D eigenvalue weighted by Crippen LogP contribution is -2.37. The van der Waals surface area contributed by atoms with Crippen LogP contribution < -0.4 is 5.32 Å². The number of nitrogens with zero attached hydrogens (tertiary/aromatic N) is 1. The Hall–Kier alpha value is -2.83. The molecule has 1 saturated heterocycles. The fourth-order valence-corrected chi connectivity index (χ4v) is 3.19. The van der Waals surface area contributed by atoms with Gasteiger partial charge in [-0.25, -0.2) is 0 Å². The molecular weight excluding hydrogens is 369 g/mol. The number of halogens is 3. The van der Waals surface area contributed by atoms with Gasteiger partial charge >= 0.3 is 6.18 Å². The summed E-state index contributed by atoms with van der Waals surface area (Å²) in [6.07, 6.45) is -2.64. The van der Waals surface area contributed by atoms with E-state index in [1.807, 2.05) is 0 Å². The van der Waals surface area contributed by atoms with Gasteiger partial charge in [0.2, 0.25) is 0 Å². The molecule has 1 N–H and O–H groups in total. The van der Waals surface area contributed by atoms with E-state index in [1.165, 1.54) is 42.5 Å². The Labute approximate surface area is 161 Å². The number of carbonyl (C=O) groups is 2. The van der Waals surface area contributed by atoms with Crippen molar-refractivity contribution >= 4 is 17.5 Å². The molecule has 4 nitrogen and oxygen atoms in total. The van der Waals surface area contributed by atoms with Crippen LogP contribution in [0.5, 0.6) is 0 Å². The van der Waals surface area contributed by atoms with Crippen molar-refractivity contribution in [2.24, 2.45) is 5.92 Å². The minimum absolute atomic E-state index is 0.0960. The van der Waals surface area contributed by atoms with Crippen molar-refractivity contribution in [3.63, 3.8) is 0 Å². The molecule has 0 aliphatic carbocycles. The molecule has 0 radical (unpaired) electrons. The van der Waals surface area contributed by atoms with Gasteiger partial charge in [0.1, 0.15) is 0 Å². The minimum atomic E-state index is -4.56. The van der Waals surface area contributed by atoms with Crippen LogP contribution in [0.1, 0.15) is 46.0 Å². The van der Waals surface area contributed by atoms with Crippen molar-refractivity contribution in [3.8, 4) is 0 Å². The van der Waals surface area contributed by atoms with Gasteiger partial charge in [0, 0.05) is 24.2 Å². The largest absolute Gasteiger partial charge is 0.418 e. The SMILES string of the molecule is CC1CCN(C(=O)c2ccc(C(=O)Nc3ccccc3C(F)(F)F)cc2)CC1. The Morgan fingerprint density at radius 1 is 0.964 bits per heavy atom. The lowest BCUT2D eigenvalue weighted by molar-refractivity contribution is -0.136. The number of rotatable bonds is 3. The average molecular weight is 390 g/mol. The monoisotopic (exact) mass is 390 g/mol. The normalized spacial score (nSPS) is 15.4. The van der Waals surface area contributed by atoms with Crippen LogP contribution in [0.15, 0.2) is 48.5 Å². The van der Waals surface area contributed by atoms with E-state index in [0.29, 0.717) is 24.6 Å². The Morgan fingerprint density at radius 3 is 2.14 bits per heavy atom. The highest BCUT2D eigenvalue weighted by molar-refractivity contribution is 6.05. The van der Waals surface area contributed by atoms with Crippen LogP contribution in [-0.2, 0) is 6.18 Å². The van der Waals surface area contributed by atoms with Crippen LogP contribution in [0.25, 0.3) is 0 Å². The predicted molar refractivity (Wildman–Crippen MR) is 100 cm³/mol. The first-order chi connectivity index (χ1) is 13.3. The van der Waals surface area contributed by atoms with Crippen LogP contribution in [0, 0.1) is 5.92 Å². The van der Waals surface area contributed by atoms with Crippen molar-refractivity contribution in [2.75, 3.05) is 18.4 Å². The van der Waals surface area contributed by atoms with Gasteiger partial charge in [-0.3, -0.25) is 9.59 Å². The zero-order chi connectivity index (χ0) is 20.3. The number of hydrogen-bond acceptors (Lipinski definition) is 2. The first-order valence-corrected chi connectivity index (χ1v) is 9.12. The number of anilines is 1. The highest BCUT2D eigenvalue weighted by Gasteiger charge is 2.33. The molecule has 148 valence electrons. The molecule has 0 spiro atoms. The summed E-state index contributed by atoms with van der Waals surface area (Å²) in [7, 11) is 0. The summed E-state index contributed by atoms with van der Waals surface area (Å²) in [6.45, 7) is 3.57. The standard InChI is InChI=1S/C21H21F3N2O2/c1-14-10-12-26(13-11-14)20(28)16-8-6-15(7-9-16)19(27)25-18-5-3-2-4-17(18)21(22,23)24/h2-9,14H,10-13H2,1H3,(H,25,27). The molecular formula is C21H21F3N2O2. The van der Waals surface area contributed by atoms with E-state index in [1.54, 1.807) is 4.90 Å². The van der Waals surface area contributed by atoms with Crippen LogP contribution in [0.3, 0.4) is 0 Å². The maximum absolute atomic E-state index is 13.1. The molecule has 2 amide bonds. The number of piperidine rings is 1. The summed E-state index contributed by atoms with van der Waals surface area (Å²) in [5.41, 5.74) is -0.570. The number of nitrogens with one attached hydrogen (secondary N) is 1. The van der Waals surface area contributed by atoms with E-state index in [-0.39, 0.29) is 17.2 Å². The maximum Gasteiger partial charge on any atom is 0.418 e. The quantitative estimate of drug-likeness (QED) is 0.816. The molecule has 1 fully saturated rings. The molecule has 1 aliphatic rings. The first-order valence-electron chi connectivity index (χ1n) is 9.12. The number of hydrogen-bond donors (Lipinski definition) is 1. The third kappa shape index (κ3) is 4.52. The van der Waals surface area contributed by atoms with Crippen molar-refractivity contribution in [1.29, 1.82) is 0 Å². The molecule has 2 aromatic carbocycles. The molecule has 28 heavy (non-hydrogen) atoms. The van der Waals surface area contributed by atoms with Gasteiger partial charge in [0.15, 0.2) is 0 Å². The van der Waals surface area contributed by atoms with Gasteiger partial charge in [0.05, 0.1) is 11.3 Å². The van der Waals surface area contributed by atoms with Gasteiger partial charge in [-0.15, -0.1) is 0 Å². The second-order valence-electron chi connectivity index (χ2n) is 7.05. The minimum Gasteiger partial charge on any atom is -0.339 e. The summed E-state index contributed by atoms with van der Waals surface area (Å²) in [5, 5.41) is 2.30. The summed E-state index contributed by atoms with van der Waals surface area (Å²) in [5.74, 6) is -0.154. The summed E-state index contributed by atoms with van der Waals surface area (Å²) in [6, 6.07) is 10.8. The topological polar surface area (TPSA) is 49.4 Å². The van der Waals surface area contributed by atoms with E-state index in [9.17, 15) is 22.8 Å². The number of likely N-dealkylation sites (tertiary alicyclic amines) is 1. The van der Waals surface area contributed by atoms with E-state index in [2.05, 4.69) is 12.2 Å². The maximum atomic E-state index is 13.1. The van der Waals surface area contributed by atoms with Gasteiger partial charge in [-0.05, 0) is 55.2 Å². The van der Waals surface area contributed by atoms with Crippen LogP contribution in [-0.4, -0.2) is 29.8 Å². The fourth-order valence-electron chi connectivity index (χ4n) is 3.19. The van der Waals surface area contributed by atoms with Crippen molar-refractivity contribution < 1.29 is 22.8 Å². The van der Waals surface area contributed by atoms with Gasteiger partial charge in [-0.2, -0.15) is 13.2 Å². The van der Waals surface area contributed by atoms with Crippen LogP contribution in [0.2, 0.25) is 0 Å². The number of para-hydroxylation sites is 1. The second-order valence-corrected chi connectivity index (χ2v) is 7.05. The molecule has 0 unspecified atom stereocenters. The summed E-state index contributed by atoms with van der Waals surface area (Å²) >= 11 is 0. The third-order valence-electron chi connectivity index (χ3n) is 4.95. The lowest BCUT2D eigenvalue weighted by atomic mass is 9.98. The van der Waals surface area contributed by atoms with Gasteiger partial charge < -0.3 is 10.2 Å². The van der Waals surface area contributed by atoms with E-state index < -0.39 is 17.6 Å². The zero-order valence-electron chi connectivity index (χ0n) is 15.4. The van der Waals surface area contributed by atoms with Crippen LogP contribution >= 0.6 is 0 Å². The highest BCUT2D eigenvalue weighted by atomic mass is 19.4. The van der Waals surface area contributed by atoms with E-state index in [0.717, 1.165) is 18.9 Å². The molecule has 1 aliphatic heterocycles.